The number of furan rings is 1. The minimum Gasteiger partial charge on any atom is -0.501 e. The monoisotopic (exact) mass is 834 g/mol. The van der Waals surface area contributed by atoms with Gasteiger partial charge in [0.25, 0.3) is 0 Å². The quantitative estimate of drug-likeness (QED) is 0.131. The average Bonchev–Trinajstić information content (AvgIpc) is 3.61. The normalized spacial score (nSPS) is 14.0. The van der Waals surface area contributed by atoms with Gasteiger partial charge in [-0.15, -0.1) is 53.1 Å². The minimum absolute atomic E-state index is 0. The van der Waals surface area contributed by atoms with Gasteiger partial charge in [-0.3, -0.25) is 9.97 Å². The second-order valence-corrected chi connectivity index (χ2v) is 19.3. The van der Waals surface area contributed by atoms with Gasteiger partial charge in [-0.1, -0.05) is 88.9 Å². The fraction of sp³-hybridized carbons (Fsp3) is 0.293. The maximum Gasteiger partial charge on any atom is 0.121 e. The number of aryl methyl sites for hydroxylation is 4. The van der Waals surface area contributed by atoms with E-state index in [9.17, 15) is 0 Å². The van der Waals surface area contributed by atoms with Gasteiger partial charge in [-0.2, -0.15) is 0 Å². The summed E-state index contributed by atoms with van der Waals surface area (Å²) in [7, 11) is 0.187. The molecule has 0 amide bonds. The van der Waals surface area contributed by atoms with Crippen LogP contribution in [-0.4, -0.2) is 27.6 Å². The van der Waals surface area contributed by atoms with Gasteiger partial charge < -0.3 is 14.0 Å². The zero-order valence-electron chi connectivity index (χ0n) is 34.0. The summed E-state index contributed by atoms with van der Waals surface area (Å²) < 4.78 is 48.3. The standard InChI is InChI=1S/C21H16N3O.C20H28NSi.Ir/c1-12-4-6-14-18(10-12)25-20-15(7-5-13(2)19(14)20)21-23-16-8-9-22-11-17(16)24(21)3;1-15-8-10-16(11-9-15)18-12-17(13-20(2,3)4)19(14-21-18)22(5,6)7;/h4-6,8-11H,1-3H3;8-10,12,14H,13H2,1-7H3;/q2*-1;/i;1D3,13D2;. The van der Waals surface area contributed by atoms with Gasteiger partial charge in [0.1, 0.15) is 5.58 Å². The third-order valence-electron chi connectivity index (χ3n) is 8.12. The van der Waals surface area contributed by atoms with Crippen molar-refractivity contribution in [3.05, 3.63) is 108 Å². The van der Waals surface area contributed by atoms with E-state index in [1.807, 2.05) is 56.8 Å². The Morgan fingerprint density at radius 3 is 2.42 bits per heavy atom. The number of rotatable bonds is 4. The molecule has 0 saturated heterocycles. The third-order valence-corrected chi connectivity index (χ3v) is 10.1. The summed E-state index contributed by atoms with van der Waals surface area (Å²) >= 11 is 0. The molecule has 0 unspecified atom stereocenters. The van der Waals surface area contributed by atoms with Crippen LogP contribution < -0.4 is 5.19 Å². The van der Waals surface area contributed by atoms with Gasteiger partial charge in [-0.05, 0) is 47.3 Å². The topological polar surface area (TPSA) is 56.7 Å². The zero-order chi connectivity index (χ0) is 38.0. The van der Waals surface area contributed by atoms with E-state index >= 15 is 0 Å². The molecule has 4 aromatic heterocycles. The Kier molecular flexibility index (Phi) is 8.20. The third kappa shape index (κ3) is 7.24. The first-order chi connectivity index (χ1) is 24.2. The number of fused-ring (bicyclic) bond motifs is 4. The summed E-state index contributed by atoms with van der Waals surface area (Å²) in [5.74, 6) is 0.837. The molecular formula is C41H44IrN4OSi-2. The molecule has 0 aliphatic heterocycles. The Hall–Kier alpha value is -3.90. The van der Waals surface area contributed by atoms with E-state index in [1.54, 1.807) is 24.5 Å². The summed E-state index contributed by atoms with van der Waals surface area (Å²) in [4.78, 5) is 13.5. The molecule has 3 aromatic carbocycles. The van der Waals surface area contributed by atoms with Crippen LogP contribution in [0.25, 0.3) is 55.6 Å². The van der Waals surface area contributed by atoms with Gasteiger partial charge in [0.2, 0.25) is 0 Å². The van der Waals surface area contributed by atoms with Crippen molar-refractivity contribution in [3.63, 3.8) is 0 Å². The van der Waals surface area contributed by atoms with Gasteiger partial charge in [-0.25, -0.2) is 0 Å². The molecule has 0 N–H and O–H groups in total. The fourth-order valence-corrected chi connectivity index (χ4v) is 7.20. The number of hydrogen-bond donors (Lipinski definition) is 0. The summed E-state index contributed by atoms with van der Waals surface area (Å²) in [6, 6.07) is 23.2. The van der Waals surface area contributed by atoms with E-state index in [2.05, 4.69) is 73.8 Å². The second kappa shape index (κ2) is 13.5. The maximum atomic E-state index is 8.79. The Bertz CT molecular complexity index is 2440. The SMILES string of the molecule is Cc1ccc2c(c1)oc1c(-c3nc4ccncc4n3C)[c-]cc(C)c12.[2H]C([2H])([2H])c1c[c-]c(-c2cc(C([2H])([2H])C(C)(C)C)c([Si](C)(C)C)cn2)cc1.[Ir]. The van der Waals surface area contributed by atoms with E-state index < -0.39 is 26.7 Å². The Morgan fingerprint density at radius 2 is 1.75 bits per heavy atom. The minimum atomic E-state index is -2.17. The molecule has 48 heavy (non-hydrogen) atoms. The van der Waals surface area contributed by atoms with Gasteiger partial charge in [0, 0.05) is 51.8 Å². The first-order valence-corrected chi connectivity index (χ1v) is 19.3. The van der Waals surface area contributed by atoms with Crippen molar-refractivity contribution in [2.45, 2.75) is 67.5 Å². The van der Waals surface area contributed by atoms with E-state index in [0.29, 0.717) is 16.8 Å². The number of hydrogen-bond acceptors (Lipinski definition) is 4. The maximum absolute atomic E-state index is 8.79. The zero-order valence-corrected chi connectivity index (χ0v) is 32.4. The molecular weight excluding hydrogens is 785 g/mol. The molecule has 4 heterocycles. The molecule has 7 heteroatoms. The number of benzene rings is 3. The molecule has 0 bridgehead atoms. The van der Waals surface area contributed by atoms with E-state index in [1.165, 1.54) is 11.6 Å². The molecule has 1 radical (unpaired) electrons. The number of pyridine rings is 2. The van der Waals surface area contributed by atoms with Gasteiger partial charge in [0.05, 0.1) is 36.7 Å². The molecule has 0 atom stereocenters. The predicted octanol–water partition coefficient (Wildman–Crippen LogP) is 9.94. The molecule has 0 spiro atoms. The predicted molar refractivity (Wildman–Crippen MR) is 199 cm³/mol. The van der Waals surface area contributed by atoms with Crippen molar-refractivity contribution < 1.29 is 31.4 Å². The Balaban J connectivity index is 0.000000201. The first-order valence-electron chi connectivity index (χ1n) is 18.3. The molecule has 0 saturated carbocycles. The van der Waals surface area contributed by atoms with Gasteiger partial charge in [0.15, 0.2) is 0 Å². The second-order valence-electron chi connectivity index (χ2n) is 14.2. The number of imidazole rings is 1. The van der Waals surface area contributed by atoms with Crippen molar-refractivity contribution in [2.24, 2.45) is 12.5 Å². The molecule has 0 aliphatic rings. The van der Waals surface area contributed by atoms with Crippen LogP contribution in [0.5, 0.6) is 0 Å². The van der Waals surface area contributed by atoms with Crippen molar-refractivity contribution in [1.82, 2.24) is 19.5 Å². The van der Waals surface area contributed by atoms with Crippen LogP contribution in [-0.2, 0) is 33.5 Å². The van der Waals surface area contributed by atoms with Gasteiger partial charge >= 0.3 is 0 Å². The van der Waals surface area contributed by atoms with Crippen molar-refractivity contribution >= 4 is 46.2 Å². The summed E-state index contributed by atoms with van der Waals surface area (Å²) in [6.45, 7) is 14.3. The van der Waals surface area contributed by atoms with Crippen LogP contribution in [0, 0.1) is 38.2 Å². The van der Waals surface area contributed by atoms with E-state index in [4.69, 9.17) is 16.3 Å². The molecule has 0 fully saturated rings. The average molecular weight is 834 g/mol. The molecule has 249 valence electrons. The Labute approximate surface area is 306 Å². The van der Waals surface area contributed by atoms with E-state index in [0.717, 1.165) is 55.1 Å². The fourth-order valence-electron chi connectivity index (χ4n) is 5.81. The summed E-state index contributed by atoms with van der Waals surface area (Å²) in [6.07, 6.45) is 3.86. The number of aromatic nitrogens is 4. The van der Waals surface area contributed by atoms with Crippen LogP contribution in [0.2, 0.25) is 19.6 Å². The number of nitrogens with zero attached hydrogens (tertiary/aromatic N) is 4. The van der Waals surface area contributed by atoms with Crippen LogP contribution in [0.3, 0.4) is 0 Å². The van der Waals surface area contributed by atoms with Crippen LogP contribution in [0.15, 0.2) is 77.6 Å². The van der Waals surface area contributed by atoms with Crippen molar-refractivity contribution in [1.29, 1.82) is 0 Å². The van der Waals surface area contributed by atoms with Crippen molar-refractivity contribution in [3.8, 4) is 22.6 Å². The van der Waals surface area contributed by atoms with Crippen LogP contribution >= 0.6 is 0 Å². The van der Waals surface area contributed by atoms with E-state index in [-0.39, 0.29) is 25.7 Å². The smallest absolute Gasteiger partial charge is 0.121 e. The first kappa shape index (κ1) is 29.1. The van der Waals surface area contributed by atoms with Crippen LogP contribution in [0.4, 0.5) is 0 Å². The van der Waals surface area contributed by atoms with Crippen molar-refractivity contribution in [2.75, 3.05) is 0 Å². The molecule has 0 aliphatic carbocycles. The summed E-state index contributed by atoms with van der Waals surface area (Å²) in [5, 5.41) is 3.27. The molecule has 5 nitrogen and oxygen atoms in total. The molecule has 7 rings (SSSR count). The summed E-state index contributed by atoms with van der Waals surface area (Å²) in [5.41, 5.74) is 8.48. The largest absolute Gasteiger partial charge is 0.501 e. The Morgan fingerprint density at radius 1 is 0.979 bits per heavy atom. The van der Waals surface area contributed by atoms with Crippen LogP contribution in [0.1, 0.15) is 49.9 Å². The molecule has 7 aromatic rings.